The number of benzene rings is 1. The predicted molar refractivity (Wildman–Crippen MR) is 104 cm³/mol. The maximum absolute atomic E-state index is 5.30. The Bertz CT molecular complexity index is 857. The molecule has 136 valence electrons. The van der Waals surface area contributed by atoms with Crippen LogP contribution >= 0.6 is 23.1 Å². The summed E-state index contributed by atoms with van der Waals surface area (Å²) in [5.74, 6) is 1.62. The standard InChI is InChI=1S/C18H21N5OS2/c1-24-16-9-5-6-13(10-16)17-19-14(11-25-17)12-26-18-20-21-22-23(18)15-7-3-2-4-8-15/h5-6,9-11,15H,2-4,7-8,12H2,1H3. The largest absolute Gasteiger partial charge is 0.497 e. The van der Waals surface area contributed by atoms with E-state index in [9.17, 15) is 0 Å². The van der Waals surface area contributed by atoms with Gasteiger partial charge in [0.25, 0.3) is 0 Å². The van der Waals surface area contributed by atoms with Crippen LogP contribution in [-0.2, 0) is 5.75 Å². The third-order valence-electron chi connectivity index (χ3n) is 4.60. The highest BCUT2D eigenvalue weighted by Gasteiger charge is 2.20. The monoisotopic (exact) mass is 387 g/mol. The first-order valence-electron chi connectivity index (χ1n) is 8.83. The summed E-state index contributed by atoms with van der Waals surface area (Å²) in [6.45, 7) is 0. The van der Waals surface area contributed by atoms with E-state index >= 15 is 0 Å². The molecule has 6 nitrogen and oxygen atoms in total. The van der Waals surface area contributed by atoms with Crippen LogP contribution < -0.4 is 4.74 Å². The number of nitrogens with zero attached hydrogens (tertiary/aromatic N) is 5. The van der Waals surface area contributed by atoms with Gasteiger partial charge in [-0.15, -0.1) is 16.4 Å². The second-order valence-corrected chi connectivity index (χ2v) is 8.16. The smallest absolute Gasteiger partial charge is 0.209 e. The van der Waals surface area contributed by atoms with Gasteiger partial charge in [0.05, 0.1) is 18.8 Å². The highest BCUT2D eigenvalue weighted by molar-refractivity contribution is 7.98. The number of tetrazole rings is 1. The van der Waals surface area contributed by atoms with Crippen molar-refractivity contribution in [2.75, 3.05) is 7.11 Å². The van der Waals surface area contributed by atoms with Crippen molar-refractivity contribution in [2.24, 2.45) is 0 Å². The van der Waals surface area contributed by atoms with Crippen molar-refractivity contribution in [2.45, 2.75) is 49.1 Å². The summed E-state index contributed by atoms with van der Waals surface area (Å²) in [6, 6.07) is 8.45. The van der Waals surface area contributed by atoms with E-state index in [1.54, 1.807) is 30.2 Å². The third-order valence-corrected chi connectivity index (χ3v) is 6.51. The second kappa shape index (κ2) is 8.18. The number of rotatable bonds is 6. The van der Waals surface area contributed by atoms with Crippen molar-refractivity contribution < 1.29 is 4.74 Å². The first-order valence-corrected chi connectivity index (χ1v) is 10.7. The predicted octanol–water partition coefficient (Wildman–Crippen LogP) is 4.60. The number of hydrogen-bond acceptors (Lipinski definition) is 7. The number of thioether (sulfide) groups is 1. The molecular formula is C18H21N5OS2. The molecule has 1 aromatic carbocycles. The minimum Gasteiger partial charge on any atom is -0.497 e. The average Bonchev–Trinajstić information content (AvgIpc) is 3.36. The van der Waals surface area contributed by atoms with E-state index in [1.807, 2.05) is 22.9 Å². The molecular weight excluding hydrogens is 366 g/mol. The summed E-state index contributed by atoms with van der Waals surface area (Å²) in [6.07, 6.45) is 6.22. The van der Waals surface area contributed by atoms with Gasteiger partial charge >= 0.3 is 0 Å². The summed E-state index contributed by atoms with van der Waals surface area (Å²) in [4.78, 5) is 4.76. The molecule has 0 spiro atoms. The molecule has 0 unspecified atom stereocenters. The van der Waals surface area contributed by atoms with Crippen molar-refractivity contribution in [1.82, 2.24) is 25.2 Å². The minimum absolute atomic E-state index is 0.448. The Morgan fingerprint density at radius 3 is 3.00 bits per heavy atom. The first kappa shape index (κ1) is 17.5. The van der Waals surface area contributed by atoms with Gasteiger partial charge in [-0.3, -0.25) is 0 Å². The Kier molecular flexibility index (Phi) is 5.50. The Balaban J connectivity index is 1.43. The van der Waals surface area contributed by atoms with Gasteiger partial charge < -0.3 is 4.74 Å². The van der Waals surface area contributed by atoms with Gasteiger partial charge in [0, 0.05) is 16.7 Å². The molecule has 2 heterocycles. The zero-order valence-electron chi connectivity index (χ0n) is 14.7. The molecule has 8 heteroatoms. The average molecular weight is 388 g/mol. The lowest BCUT2D eigenvalue weighted by molar-refractivity contribution is 0.307. The van der Waals surface area contributed by atoms with E-state index < -0.39 is 0 Å². The molecule has 0 atom stereocenters. The highest BCUT2D eigenvalue weighted by atomic mass is 32.2. The van der Waals surface area contributed by atoms with Gasteiger partial charge in [-0.05, 0) is 35.4 Å². The number of methoxy groups -OCH3 is 1. The van der Waals surface area contributed by atoms with Crippen LogP contribution in [-0.4, -0.2) is 32.3 Å². The van der Waals surface area contributed by atoms with Crippen LogP contribution in [0.5, 0.6) is 5.75 Å². The van der Waals surface area contributed by atoms with Crippen molar-refractivity contribution in [3.8, 4) is 16.3 Å². The fourth-order valence-electron chi connectivity index (χ4n) is 3.24. The molecule has 1 fully saturated rings. The number of hydrogen-bond donors (Lipinski definition) is 0. The van der Waals surface area contributed by atoms with Gasteiger partial charge in [0.15, 0.2) is 0 Å². The molecule has 1 aliphatic carbocycles. The van der Waals surface area contributed by atoms with Crippen molar-refractivity contribution in [3.05, 3.63) is 35.3 Å². The highest BCUT2D eigenvalue weighted by Crippen LogP contribution is 2.32. The lowest BCUT2D eigenvalue weighted by Crippen LogP contribution is -2.15. The van der Waals surface area contributed by atoms with Crippen molar-refractivity contribution in [3.63, 3.8) is 0 Å². The summed E-state index contributed by atoms with van der Waals surface area (Å²) >= 11 is 3.32. The van der Waals surface area contributed by atoms with Crippen LogP contribution in [0.1, 0.15) is 43.8 Å². The van der Waals surface area contributed by atoms with E-state index in [1.165, 1.54) is 32.1 Å². The molecule has 0 saturated heterocycles. The SMILES string of the molecule is COc1cccc(-c2nc(CSc3nnnn3C3CCCCC3)cs2)c1. The molecule has 2 aromatic heterocycles. The van der Waals surface area contributed by atoms with Crippen LogP contribution in [0, 0.1) is 0 Å². The number of thiazole rings is 1. The van der Waals surface area contributed by atoms with Gasteiger partial charge in [-0.2, -0.15) is 0 Å². The molecule has 0 radical (unpaired) electrons. The Hall–Kier alpha value is -1.93. The van der Waals surface area contributed by atoms with Gasteiger partial charge in [0.2, 0.25) is 5.16 Å². The second-order valence-electron chi connectivity index (χ2n) is 6.36. The van der Waals surface area contributed by atoms with Gasteiger partial charge in [-0.25, -0.2) is 9.67 Å². The normalized spacial score (nSPS) is 15.3. The zero-order chi connectivity index (χ0) is 17.8. The molecule has 0 bridgehead atoms. The maximum atomic E-state index is 5.30. The summed E-state index contributed by atoms with van der Waals surface area (Å²) in [5, 5.41) is 16.3. The van der Waals surface area contributed by atoms with Gasteiger partial charge in [-0.1, -0.05) is 43.2 Å². The van der Waals surface area contributed by atoms with Gasteiger partial charge in [0.1, 0.15) is 10.8 Å². The topological polar surface area (TPSA) is 65.7 Å². The molecule has 1 saturated carbocycles. The van der Waals surface area contributed by atoms with E-state index in [0.717, 1.165) is 32.9 Å². The molecule has 4 rings (SSSR count). The lowest BCUT2D eigenvalue weighted by Gasteiger charge is -2.21. The number of ether oxygens (including phenoxy) is 1. The Morgan fingerprint density at radius 1 is 1.27 bits per heavy atom. The molecule has 26 heavy (non-hydrogen) atoms. The van der Waals surface area contributed by atoms with Crippen LogP contribution in [0.3, 0.4) is 0 Å². The summed E-state index contributed by atoms with van der Waals surface area (Å²) in [5.41, 5.74) is 2.13. The molecule has 0 amide bonds. The van der Waals surface area contributed by atoms with Crippen LogP contribution in [0.4, 0.5) is 0 Å². The van der Waals surface area contributed by atoms with E-state index in [2.05, 4.69) is 27.0 Å². The quantitative estimate of drug-likeness (QED) is 0.576. The molecule has 3 aromatic rings. The van der Waals surface area contributed by atoms with Crippen LogP contribution in [0.2, 0.25) is 0 Å². The summed E-state index contributed by atoms with van der Waals surface area (Å²) < 4.78 is 7.31. The third kappa shape index (κ3) is 3.91. The van der Waals surface area contributed by atoms with Crippen molar-refractivity contribution >= 4 is 23.1 Å². The van der Waals surface area contributed by atoms with Crippen LogP contribution in [0.15, 0.2) is 34.8 Å². The number of aromatic nitrogens is 5. The lowest BCUT2D eigenvalue weighted by atomic mass is 9.96. The molecule has 1 aliphatic rings. The minimum atomic E-state index is 0.448. The van der Waals surface area contributed by atoms with E-state index in [-0.39, 0.29) is 0 Å². The van der Waals surface area contributed by atoms with Crippen molar-refractivity contribution in [1.29, 1.82) is 0 Å². The Labute approximate surface area is 161 Å². The first-order chi connectivity index (χ1) is 12.8. The summed E-state index contributed by atoms with van der Waals surface area (Å²) in [7, 11) is 1.68. The Morgan fingerprint density at radius 2 is 2.15 bits per heavy atom. The fourth-order valence-corrected chi connectivity index (χ4v) is 4.99. The fraction of sp³-hybridized carbons (Fsp3) is 0.444. The van der Waals surface area contributed by atoms with E-state index in [0.29, 0.717) is 6.04 Å². The zero-order valence-corrected chi connectivity index (χ0v) is 16.3. The molecule has 0 N–H and O–H groups in total. The van der Waals surface area contributed by atoms with Crippen LogP contribution in [0.25, 0.3) is 10.6 Å². The maximum Gasteiger partial charge on any atom is 0.209 e. The van der Waals surface area contributed by atoms with E-state index in [4.69, 9.17) is 9.72 Å². The molecule has 0 aliphatic heterocycles.